The number of nitrogens with two attached hydrogens (primary N) is 1. The van der Waals surface area contributed by atoms with Crippen LogP contribution in [-0.2, 0) is 4.74 Å². The van der Waals surface area contributed by atoms with E-state index in [0.29, 0.717) is 29.3 Å². The molecular weight excluding hydrogens is 289 g/mol. The normalized spacial score (nSPS) is 21.1. The van der Waals surface area contributed by atoms with Gasteiger partial charge in [-0.25, -0.2) is 0 Å². The molecular formula is C13H21Cl2NO3. The molecule has 0 saturated carbocycles. The number of halogens is 2. The Morgan fingerprint density at radius 1 is 1.37 bits per heavy atom. The highest BCUT2D eigenvalue weighted by molar-refractivity contribution is 6.35. The van der Waals surface area contributed by atoms with Crippen molar-refractivity contribution >= 4 is 23.2 Å². The lowest BCUT2D eigenvalue weighted by Crippen LogP contribution is -2.38. The van der Waals surface area contributed by atoms with Crippen LogP contribution in [-0.4, -0.2) is 28.8 Å². The van der Waals surface area contributed by atoms with Gasteiger partial charge in [-0.3, -0.25) is 5.73 Å². The van der Waals surface area contributed by atoms with Gasteiger partial charge >= 0.3 is 0 Å². The van der Waals surface area contributed by atoms with Crippen molar-refractivity contribution in [3.8, 4) is 0 Å². The zero-order chi connectivity index (χ0) is 14.4. The van der Waals surface area contributed by atoms with Crippen LogP contribution in [0.4, 0.5) is 0 Å². The SMILES string of the molecule is CCCC[C@@H](O)[C@H](OC(N)O)C1=C(Cl)C=C(Cl)CC1. The van der Waals surface area contributed by atoms with Gasteiger partial charge in [-0.1, -0.05) is 43.0 Å². The summed E-state index contributed by atoms with van der Waals surface area (Å²) in [6, 6.07) is 0. The second kappa shape index (κ2) is 8.25. The zero-order valence-electron chi connectivity index (χ0n) is 11.0. The molecule has 110 valence electrons. The zero-order valence-corrected chi connectivity index (χ0v) is 12.5. The molecule has 0 heterocycles. The number of aliphatic hydroxyl groups excluding tert-OH is 2. The molecule has 1 unspecified atom stereocenters. The van der Waals surface area contributed by atoms with Crippen molar-refractivity contribution in [1.82, 2.24) is 0 Å². The molecule has 1 aliphatic rings. The molecule has 4 N–H and O–H groups in total. The van der Waals surface area contributed by atoms with Gasteiger partial charge in [-0.2, -0.15) is 0 Å². The van der Waals surface area contributed by atoms with Crippen molar-refractivity contribution in [2.24, 2.45) is 5.73 Å². The minimum Gasteiger partial charge on any atom is -0.390 e. The van der Waals surface area contributed by atoms with Crippen LogP contribution >= 0.6 is 23.2 Å². The minimum atomic E-state index is -1.44. The number of hydrogen-bond donors (Lipinski definition) is 3. The van der Waals surface area contributed by atoms with Gasteiger partial charge in [0.15, 0.2) is 0 Å². The van der Waals surface area contributed by atoms with E-state index in [0.717, 1.165) is 18.4 Å². The maximum atomic E-state index is 10.2. The first-order valence-electron chi connectivity index (χ1n) is 6.47. The highest BCUT2D eigenvalue weighted by atomic mass is 35.5. The summed E-state index contributed by atoms with van der Waals surface area (Å²) in [6.45, 7) is 2.04. The van der Waals surface area contributed by atoms with Crippen LogP contribution in [0.1, 0.15) is 39.0 Å². The highest BCUT2D eigenvalue weighted by Gasteiger charge is 2.28. The third-order valence-electron chi connectivity index (χ3n) is 3.06. The van der Waals surface area contributed by atoms with E-state index in [4.69, 9.17) is 33.7 Å². The predicted molar refractivity (Wildman–Crippen MR) is 76.6 cm³/mol. The molecule has 19 heavy (non-hydrogen) atoms. The second-order valence-electron chi connectivity index (χ2n) is 4.62. The minimum absolute atomic E-state index is 0.456. The van der Waals surface area contributed by atoms with Crippen LogP contribution in [0.15, 0.2) is 21.7 Å². The molecule has 0 aromatic carbocycles. The van der Waals surface area contributed by atoms with Crippen molar-refractivity contribution in [2.45, 2.75) is 57.6 Å². The molecule has 0 aromatic heterocycles. The molecule has 1 rings (SSSR count). The number of aliphatic hydroxyl groups is 2. The van der Waals surface area contributed by atoms with Crippen LogP contribution in [0, 0.1) is 0 Å². The standard InChI is InChI=1S/C13H21Cl2NO3/c1-2-3-4-11(17)12(19-13(16)18)9-6-5-8(14)7-10(9)15/h7,11-13,17-18H,2-6,16H2,1H3/t11-,12-,13?/m1/s1. The summed E-state index contributed by atoms with van der Waals surface area (Å²) in [6.07, 6.45) is 2.40. The topological polar surface area (TPSA) is 75.7 Å². The maximum absolute atomic E-state index is 10.2. The summed E-state index contributed by atoms with van der Waals surface area (Å²) < 4.78 is 5.22. The van der Waals surface area contributed by atoms with Crippen molar-refractivity contribution in [3.63, 3.8) is 0 Å². The fourth-order valence-corrected chi connectivity index (χ4v) is 2.67. The molecule has 0 saturated heterocycles. The number of hydrogen-bond acceptors (Lipinski definition) is 4. The van der Waals surface area contributed by atoms with Gasteiger partial charge in [0.05, 0.1) is 6.10 Å². The van der Waals surface area contributed by atoms with Gasteiger partial charge in [0.1, 0.15) is 6.10 Å². The van der Waals surface area contributed by atoms with E-state index in [1.807, 2.05) is 6.92 Å². The fraction of sp³-hybridized carbons (Fsp3) is 0.692. The largest absolute Gasteiger partial charge is 0.390 e. The summed E-state index contributed by atoms with van der Waals surface area (Å²) >= 11 is 12.1. The van der Waals surface area contributed by atoms with Crippen LogP contribution in [0.3, 0.4) is 0 Å². The maximum Gasteiger partial charge on any atom is 0.211 e. The first-order chi connectivity index (χ1) is 8.95. The van der Waals surface area contributed by atoms with Crippen molar-refractivity contribution in [1.29, 1.82) is 0 Å². The summed E-state index contributed by atoms with van der Waals surface area (Å²) in [5.74, 6) is 0. The molecule has 0 fully saturated rings. The quantitative estimate of drug-likeness (QED) is 0.632. The van der Waals surface area contributed by atoms with E-state index >= 15 is 0 Å². The van der Waals surface area contributed by atoms with Gasteiger partial charge in [-0.15, -0.1) is 0 Å². The molecule has 0 spiro atoms. The number of ether oxygens (including phenoxy) is 1. The Hall–Kier alpha value is -0.100. The van der Waals surface area contributed by atoms with Crippen molar-refractivity contribution in [3.05, 3.63) is 21.7 Å². The van der Waals surface area contributed by atoms with Crippen LogP contribution in [0.25, 0.3) is 0 Å². The molecule has 6 heteroatoms. The van der Waals surface area contributed by atoms with Gasteiger partial charge in [0.2, 0.25) is 6.41 Å². The molecule has 0 amide bonds. The third-order valence-corrected chi connectivity index (χ3v) is 3.71. The summed E-state index contributed by atoms with van der Waals surface area (Å²) in [7, 11) is 0. The Kier molecular flexibility index (Phi) is 7.36. The average molecular weight is 310 g/mol. The number of unbranched alkanes of at least 4 members (excludes halogenated alkanes) is 1. The Balaban J connectivity index is 2.87. The lowest BCUT2D eigenvalue weighted by atomic mass is 9.93. The number of rotatable bonds is 7. The molecule has 4 nitrogen and oxygen atoms in total. The van der Waals surface area contributed by atoms with Gasteiger partial charge in [-0.05, 0) is 30.9 Å². The highest BCUT2D eigenvalue weighted by Crippen LogP contribution is 2.33. The Morgan fingerprint density at radius 2 is 2.05 bits per heavy atom. The van der Waals surface area contributed by atoms with Crippen LogP contribution in [0.2, 0.25) is 0 Å². The molecule has 3 atom stereocenters. The van der Waals surface area contributed by atoms with Gasteiger partial charge in [0.25, 0.3) is 0 Å². The van der Waals surface area contributed by atoms with E-state index in [2.05, 4.69) is 0 Å². The average Bonchev–Trinajstić information content (AvgIpc) is 2.33. The number of allylic oxidation sites excluding steroid dienone is 3. The summed E-state index contributed by atoms with van der Waals surface area (Å²) in [5, 5.41) is 20.5. The van der Waals surface area contributed by atoms with E-state index in [1.54, 1.807) is 6.08 Å². The lowest BCUT2D eigenvalue weighted by molar-refractivity contribution is -0.150. The predicted octanol–water partition coefficient (Wildman–Crippen LogP) is 2.57. The first kappa shape index (κ1) is 17.0. The fourth-order valence-electron chi connectivity index (χ4n) is 2.07. The van der Waals surface area contributed by atoms with Gasteiger partial charge < -0.3 is 14.9 Å². The summed E-state index contributed by atoms with van der Waals surface area (Å²) in [4.78, 5) is 0. The Morgan fingerprint density at radius 3 is 2.58 bits per heavy atom. The Bertz CT molecular complexity index is 356. The lowest BCUT2D eigenvalue weighted by Gasteiger charge is -2.29. The van der Waals surface area contributed by atoms with Crippen LogP contribution < -0.4 is 5.73 Å². The molecule has 0 aromatic rings. The molecule has 0 radical (unpaired) electrons. The van der Waals surface area contributed by atoms with Crippen molar-refractivity contribution < 1.29 is 14.9 Å². The smallest absolute Gasteiger partial charge is 0.211 e. The molecule has 0 aliphatic heterocycles. The van der Waals surface area contributed by atoms with Crippen LogP contribution in [0.5, 0.6) is 0 Å². The summed E-state index contributed by atoms with van der Waals surface area (Å²) in [5.41, 5.74) is 5.99. The van der Waals surface area contributed by atoms with Gasteiger partial charge in [0, 0.05) is 10.1 Å². The molecule has 0 bridgehead atoms. The monoisotopic (exact) mass is 309 g/mol. The van der Waals surface area contributed by atoms with Crippen molar-refractivity contribution in [2.75, 3.05) is 0 Å². The van der Waals surface area contributed by atoms with E-state index in [9.17, 15) is 10.2 Å². The second-order valence-corrected chi connectivity index (χ2v) is 5.51. The Labute approximate surface area is 123 Å². The first-order valence-corrected chi connectivity index (χ1v) is 7.23. The molecule has 1 aliphatic carbocycles. The van der Waals surface area contributed by atoms with E-state index in [1.165, 1.54) is 0 Å². The van der Waals surface area contributed by atoms with E-state index < -0.39 is 18.6 Å². The third kappa shape index (κ3) is 5.42. The van der Waals surface area contributed by atoms with E-state index in [-0.39, 0.29) is 0 Å².